The predicted molar refractivity (Wildman–Crippen MR) is 96.6 cm³/mol. The van der Waals surface area contributed by atoms with Gasteiger partial charge in [-0.2, -0.15) is 5.26 Å². The zero-order valence-corrected chi connectivity index (χ0v) is 14.7. The normalized spacial score (nSPS) is 12.6. The van der Waals surface area contributed by atoms with Crippen LogP contribution in [0.3, 0.4) is 0 Å². The zero-order valence-electron chi connectivity index (χ0n) is 13.9. The number of hydrogen-bond acceptors (Lipinski definition) is 3. The molecular formula is C18H23ClN4O. The molecule has 1 aromatic carbocycles. The number of aromatic nitrogens is 1. The van der Waals surface area contributed by atoms with E-state index in [1.165, 1.54) is 0 Å². The first-order valence-corrected chi connectivity index (χ1v) is 7.67. The number of likely N-dealkylation sites (N-methyl/N-ethyl adjacent to an activating group) is 1. The summed E-state index contributed by atoms with van der Waals surface area (Å²) in [5.41, 5.74) is 7.71. The second-order valence-electron chi connectivity index (χ2n) is 5.63. The largest absolute Gasteiger partial charge is 0.339 e. The van der Waals surface area contributed by atoms with Crippen molar-refractivity contribution in [3.8, 4) is 6.07 Å². The van der Waals surface area contributed by atoms with Crippen molar-refractivity contribution < 1.29 is 4.79 Å². The van der Waals surface area contributed by atoms with E-state index in [-0.39, 0.29) is 24.4 Å². The van der Waals surface area contributed by atoms with Gasteiger partial charge in [0.25, 0.3) is 0 Å². The monoisotopic (exact) mass is 346 g/mol. The Morgan fingerprint density at radius 3 is 2.58 bits per heavy atom. The SMILES string of the molecule is C[C@H](c1ccccc1)N(C)C(=O)C(N)CCn1cccc1C#N.Cl. The molecule has 5 nitrogen and oxygen atoms in total. The predicted octanol–water partition coefficient (Wildman–Crippen LogP) is 2.72. The van der Waals surface area contributed by atoms with Crippen molar-refractivity contribution in [3.63, 3.8) is 0 Å². The number of nitriles is 1. The summed E-state index contributed by atoms with van der Waals surface area (Å²) in [6, 6.07) is 14.9. The Balaban J connectivity index is 0.00000288. The number of nitrogens with two attached hydrogens (primary N) is 1. The lowest BCUT2D eigenvalue weighted by atomic mass is 10.1. The summed E-state index contributed by atoms with van der Waals surface area (Å²) in [4.78, 5) is 14.2. The molecule has 1 heterocycles. The number of benzene rings is 1. The molecule has 1 amide bonds. The van der Waals surface area contributed by atoms with Crippen molar-refractivity contribution in [2.75, 3.05) is 7.05 Å². The number of amides is 1. The van der Waals surface area contributed by atoms with Gasteiger partial charge >= 0.3 is 0 Å². The maximum Gasteiger partial charge on any atom is 0.239 e. The molecule has 1 aromatic heterocycles. The van der Waals surface area contributed by atoms with E-state index in [4.69, 9.17) is 11.0 Å². The van der Waals surface area contributed by atoms with Gasteiger partial charge in [0.2, 0.25) is 5.91 Å². The molecule has 2 rings (SSSR count). The summed E-state index contributed by atoms with van der Waals surface area (Å²) < 4.78 is 1.81. The molecule has 0 aliphatic heterocycles. The minimum atomic E-state index is -0.583. The van der Waals surface area contributed by atoms with Crippen LogP contribution in [0.25, 0.3) is 0 Å². The highest BCUT2D eigenvalue weighted by atomic mass is 35.5. The van der Waals surface area contributed by atoms with Gasteiger partial charge in [-0.05, 0) is 31.0 Å². The number of rotatable bonds is 6. The van der Waals surface area contributed by atoms with E-state index in [9.17, 15) is 4.79 Å². The molecule has 1 unspecified atom stereocenters. The maximum atomic E-state index is 12.5. The summed E-state index contributed by atoms with van der Waals surface area (Å²) >= 11 is 0. The Kier molecular flexibility index (Phi) is 7.50. The Labute approximate surface area is 149 Å². The summed E-state index contributed by atoms with van der Waals surface area (Å²) in [6.45, 7) is 2.54. The van der Waals surface area contributed by atoms with E-state index in [1.54, 1.807) is 18.0 Å². The van der Waals surface area contributed by atoms with Crippen LogP contribution in [-0.4, -0.2) is 28.5 Å². The van der Waals surface area contributed by atoms with E-state index in [0.29, 0.717) is 18.7 Å². The van der Waals surface area contributed by atoms with Crippen LogP contribution in [-0.2, 0) is 11.3 Å². The van der Waals surface area contributed by atoms with Crippen LogP contribution >= 0.6 is 12.4 Å². The van der Waals surface area contributed by atoms with E-state index < -0.39 is 6.04 Å². The topological polar surface area (TPSA) is 75.0 Å². The van der Waals surface area contributed by atoms with Gasteiger partial charge in [-0.15, -0.1) is 12.4 Å². The molecule has 0 radical (unpaired) electrons. The molecule has 128 valence electrons. The van der Waals surface area contributed by atoms with Crippen molar-refractivity contribution in [2.24, 2.45) is 5.73 Å². The van der Waals surface area contributed by atoms with Crippen molar-refractivity contribution in [2.45, 2.75) is 32.0 Å². The number of nitrogens with zero attached hydrogens (tertiary/aromatic N) is 3. The van der Waals surface area contributed by atoms with Crippen molar-refractivity contribution in [1.82, 2.24) is 9.47 Å². The molecule has 24 heavy (non-hydrogen) atoms. The first kappa shape index (κ1) is 19.8. The highest BCUT2D eigenvalue weighted by molar-refractivity contribution is 5.85. The third kappa shape index (κ3) is 4.60. The quantitative estimate of drug-likeness (QED) is 0.873. The smallest absolute Gasteiger partial charge is 0.239 e. The van der Waals surface area contributed by atoms with Crippen LogP contribution in [0.5, 0.6) is 0 Å². The molecule has 0 aliphatic rings. The first-order valence-electron chi connectivity index (χ1n) is 7.67. The fourth-order valence-electron chi connectivity index (χ4n) is 2.52. The van der Waals surface area contributed by atoms with Crippen LogP contribution in [0.4, 0.5) is 0 Å². The minimum absolute atomic E-state index is 0. The lowest BCUT2D eigenvalue weighted by Gasteiger charge is -2.28. The second-order valence-corrected chi connectivity index (χ2v) is 5.63. The van der Waals surface area contributed by atoms with Crippen LogP contribution in [0.15, 0.2) is 48.7 Å². The molecule has 0 bridgehead atoms. The molecular weight excluding hydrogens is 324 g/mol. The van der Waals surface area contributed by atoms with Crippen LogP contribution in [0, 0.1) is 11.3 Å². The molecule has 0 spiro atoms. The lowest BCUT2D eigenvalue weighted by Crippen LogP contribution is -2.43. The Hall–Kier alpha value is -2.29. The maximum absolute atomic E-state index is 12.5. The summed E-state index contributed by atoms with van der Waals surface area (Å²) in [5, 5.41) is 8.99. The highest BCUT2D eigenvalue weighted by Crippen LogP contribution is 2.19. The zero-order chi connectivity index (χ0) is 16.8. The first-order chi connectivity index (χ1) is 11.0. The Bertz CT molecular complexity index is 693. The summed E-state index contributed by atoms with van der Waals surface area (Å²) in [6.07, 6.45) is 2.32. The third-order valence-electron chi connectivity index (χ3n) is 4.15. The minimum Gasteiger partial charge on any atom is -0.339 e. The van der Waals surface area contributed by atoms with Gasteiger partial charge in [-0.25, -0.2) is 0 Å². The highest BCUT2D eigenvalue weighted by Gasteiger charge is 2.22. The lowest BCUT2D eigenvalue weighted by molar-refractivity contribution is -0.133. The Morgan fingerprint density at radius 2 is 1.96 bits per heavy atom. The third-order valence-corrected chi connectivity index (χ3v) is 4.15. The average Bonchev–Trinajstić information content (AvgIpc) is 3.06. The van der Waals surface area contributed by atoms with Gasteiger partial charge < -0.3 is 15.2 Å². The van der Waals surface area contributed by atoms with Gasteiger partial charge in [0.15, 0.2) is 0 Å². The van der Waals surface area contributed by atoms with Crippen molar-refractivity contribution in [1.29, 1.82) is 5.26 Å². The molecule has 2 N–H and O–H groups in total. The van der Waals surface area contributed by atoms with Gasteiger partial charge in [-0.1, -0.05) is 30.3 Å². The summed E-state index contributed by atoms with van der Waals surface area (Å²) in [7, 11) is 1.77. The van der Waals surface area contributed by atoms with Crippen LogP contribution in [0.1, 0.15) is 30.6 Å². The van der Waals surface area contributed by atoms with Gasteiger partial charge in [0, 0.05) is 19.8 Å². The van der Waals surface area contributed by atoms with Crippen molar-refractivity contribution in [3.05, 3.63) is 59.9 Å². The molecule has 2 aromatic rings. The van der Waals surface area contributed by atoms with Gasteiger partial charge in [-0.3, -0.25) is 4.79 Å². The number of aryl methyl sites for hydroxylation is 1. The molecule has 0 saturated carbocycles. The van der Waals surface area contributed by atoms with E-state index in [1.807, 2.05) is 54.1 Å². The number of carbonyl (C=O) groups excluding carboxylic acids is 1. The second kappa shape index (κ2) is 9.11. The van der Waals surface area contributed by atoms with E-state index in [2.05, 4.69) is 6.07 Å². The number of hydrogen-bond donors (Lipinski definition) is 1. The standard InChI is InChI=1S/C18H22N4O.ClH/c1-14(15-7-4-3-5-8-15)21(2)18(23)17(20)10-12-22-11-6-9-16(22)13-19;/h3-9,11,14,17H,10,12,20H2,1-2H3;1H/t14-,17?;/m1./s1. The van der Waals surface area contributed by atoms with E-state index >= 15 is 0 Å². The number of halogens is 1. The van der Waals surface area contributed by atoms with E-state index in [0.717, 1.165) is 5.56 Å². The Morgan fingerprint density at radius 1 is 1.29 bits per heavy atom. The molecule has 0 fully saturated rings. The molecule has 0 saturated heterocycles. The van der Waals surface area contributed by atoms with Crippen molar-refractivity contribution >= 4 is 18.3 Å². The number of carbonyl (C=O) groups is 1. The average molecular weight is 347 g/mol. The molecule has 6 heteroatoms. The summed E-state index contributed by atoms with van der Waals surface area (Å²) in [5.74, 6) is -0.0907. The molecule has 2 atom stereocenters. The van der Waals surface area contributed by atoms with Gasteiger partial charge in [0.1, 0.15) is 11.8 Å². The van der Waals surface area contributed by atoms with Crippen LogP contribution < -0.4 is 5.73 Å². The van der Waals surface area contributed by atoms with Crippen LogP contribution in [0.2, 0.25) is 0 Å². The fraction of sp³-hybridized carbons (Fsp3) is 0.333. The van der Waals surface area contributed by atoms with Gasteiger partial charge in [0.05, 0.1) is 12.1 Å². The molecule has 0 aliphatic carbocycles. The fourth-order valence-corrected chi connectivity index (χ4v) is 2.52.